The van der Waals surface area contributed by atoms with Crippen molar-refractivity contribution in [3.63, 3.8) is 0 Å². The van der Waals surface area contributed by atoms with Crippen LogP contribution in [0.15, 0.2) is 0 Å². The highest BCUT2D eigenvalue weighted by molar-refractivity contribution is 4.96. The van der Waals surface area contributed by atoms with Crippen LogP contribution in [-0.2, 0) is 0 Å². The molecule has 2 atom stereocenters. The molecule has 14 heavy (non-hydrogen) atoms. The summed E-state index contributed by atoms with van der Waals surface area (Å²) in [5.74, 6) is 0.674. The van der Waals surface area contributed by atoms with E-state index >= 15 is 0 Å². The molecule has 0 aromatic rings. The molecule has 1 saturated carbocycles. The smallest absolute Gasteiger partial charge is 0.0616 e. The van der Waals surface area contributed by atoms with Crippen molar-refractivity contribution >= 4 is 0 Å². The Bertz CT molecular complexity index is 160. The molecular formula is C12H25NO. The molecule has 1 fully saturated rings. The summed E-state index contributed by atoms with van der Waals surface area (Å²) in [6.07, 6.45) is 7.40. The Hall–Kier alpha value is -0.0800. The van der Waals surface area contributed by atoms with E-state index in [-0.39, 0.29) is 5.54 Å². The van der Waals surface area contributed by atoms with Crippen LogP contribution in [0.3, 0.4) is 0 Å². The first-order chi connectivity index (χ1) is 6.79. The first-order valence-corrected chi connectivity index (χ1v) is 6.15. The van der Waals surface area contributed by atoms with Gasteiger partial charge in [-0.15, -0.1) is 0 Å². The average Bonchev–Trinajstić information content (AvgIpc) is 2.26. The molecule has 1 aliphatic carbocycles. The molecule has 2 unspecified atom stereocenters. The maximum atomic E-state index is 9.61. The van der Waals surface area contributed by atoms with Gasteiger partial charge >= 0.3 is 0 Å². The van der Waals surface area contributed by atoms with E-state index in [9.17, 15) is 5.11 Å². The number of aliphatic hydroxyl groups excluding tert-OH is 1. The average molecular weight is 199 g/mol. The fraction of sp³-hybridized carbons (Fsp3) is 1.00. The molecule has 0 bridgehead atoms. The van der Waals surface area contributed by atoms with E-state index in [1.807, 2.05) is 0 Å². The summed E-state index contributed by atoms with van der Waals surface area (Å²) in [4.78, 5) is 0. The van der Waals surface area contributed by atoms with Gasteiger partial charge in [0.1, 0.15) is 0 Å². The maximum absolute atomic E-state index is 9.61. The van der Waals surface area contributed by atoms with Crippen LogP contribution in [0.1, 0.15) is 52.4 Å². The number of rotatable bonds is 5. The van der Waals surface area contributed by atoms with Gasteiger partial charge in [0, 0.05) is 5.54 Å². The van der Waals surface area contributed by atoms with E-state index in [0.717, 1.165) is 19.4 Å². The lowest BCUT2D eigenvalue weighted by Gasteiger charge is -2.43. The molecule has 1 rings (SSSR count). The van der Waals surface area contributed by atoms with Gasteiger partial charge < -0.3 is 10.4 Å². The van der Waals surface area contributed by atoms with Crippen molar-refractivity contribution < 1.29 is 5.11 Å². The Balaban J connectivity index is 2.60. The second-order valence-electron chi connectivity index (χ2n) is 4.59. The monoisotopic (exact) mass is 199 g/mol. The third-order valence-electron chi connectivity index (χ3n) is 3.71. The van der Waals surface area contributed by atoms with E-state index < -0.39 is 0 Å². The molecule has 2 N–H and O–H groups in total. The summed E-state index contributed by atoms with van der Waals surface area (Å²) in [6, 6.07) is 0. The van der Waals surface area contributed by atoms with Gasteiger partial charge in [-0.3, -0.25) is 0 Å². The molecule has 84 valence electrons. The fourth-order valence-corrected chi connectivity index (χ4v) is 2.78. The summed E-state index contributed by atoms with van der Waals surface area (Å²) in [7, 11) is 0. The predicted molar refractivity (Wildman–Crippen MR) is 60.4 cm³/mol. The van der Waals surface area contributed by atoms with Gasteiger partial charge in [-0.05, 0) is 31.7 Å². The van der Waals surface area contributed by atoms with Gasteiger partial charge in [0.2, 0.25) is 0 Å². The zero-order valence-electron chi connectivity index (χ0n) is 9.68. The molecule has 2 heteroatoms. The molecule has 0 aliphatic heterocycles. The Kier molecular flexibility index (Phi) is 4.90. The molecule has 2 nitrogen and oxygen atoms in total. The number of aliphatic hydroxyl groups is 1. The summed E-state index contributed by atoms with van der Waals surface area (Å²) in [5, 5.41) is 13.2. The van der Waals surface area contributed by atoms with Crippen LogP contribution in [0.2, 0.25) is 0 Å². The normalized spacial score (nSPS) is 33.2. The number of hydrogen-bond acceptors (Lipinski definition) is 2. The Morgan fingerprint density at radius 3 is 2.71 bits per heavy atom. The van der Waals surface area contributed by atoms with Gasteiger partial charge in [-0.2, -0.15) is 0 Å². The predicted octanol–water partition coefficient (Wildman–Crippen LogP) is 2.32. The summed E-state index contributed by atoms with van der Waals surface area (Å²) >= 11 is 0. The second kappa shape index (κ2) is 5.72. The van der Waals surface area contributed by atoms with Crippen LogP contribution in [0.25, 0.3) is 0 Å². The van der Waals surface area contributed by atoms with Gasteiger partial charge in [-0.25, -0.2) is 0 Å². The first kappa shape index (κ1) is 12.0. The molecule has 0 aromatic carbocycles. The van der Waals surface area contributed by atoms with Crippen molar-refractivity contribution in [2.75, 3.05) is 13.2 Å². The van der Waals surface area contributed by atoms with Crippen molar-refractivity contribution in [3.8, 4) is 0 Å². The van der Waals surface area contributed by atoms with Crippen molar-refractivity contribution in [2.45, 2.75) is 57.9 Å². The quantitative estimate of drug-likeness (QED) is 0.712. The van der Waals surface area contributed by atoms with Crippen molar-refractivity contribution in [2.24, 2.45) is 5.92 Å². The zero-order valence-corrected chi connectivity index (χ0v) is 9.68. The largest absolute Gasteiger partial charge is 0.394 e. The van der Waals surface area contributed by atoms with E-state index in [0.29, 0.717) is 12.5 Å². The molecule has 0 amide bonds. The van der Waals surface area contributed by atoms with Crippen molar-refractivity contribution in [1.82, 2.24) is 5.32 Å². The number of hydrogen-bond donors (Lipinski definition) is 2. The van der Waals surface area contributed by atoms with Gasteiger partial charge in [0.05, 0.1) is 6.61 Å². The minimum absolute atomic E-state index is 0.0447. The van der Waals surface area contributed by atoms with Crippen LogP contribution >= 0.6 is 0 Å². The highest BCUT2D eigenvalue weighted by atomic mass is 16.3. The first-order valence-electron chi connectivity index (χ1n) is 6.15. The Morgan fingerprint density at radius 1 is 1.36 bits per heavy atom. The molecule has 0 spiro atoms. The minimum Gasteiger partial charge on any atom is -0.394 e. The Morgan fingerprint density at radius 2 is 2.14 bits per heavy atom. The van der Waals surface area contributed by atoms with E-state index in [4.69, 9.17) is 0 Å². The zero-order chi connectivity index (χ0) is 10.4. The highest BCUT2D eigenvalue weighted by Gasteiger charge is 2.38. The lowest BCUT2D eigenvalue weighted by atomic mass is 9.72. The second-order valence-corrected chi connectivity index (χ2v) is 4.59. The molecule has 0 heterocycles. The van der Waals surface area contributed by atoms with E-state index in [1.165, 1.54) is 25.7 Å². The van der Waals surface area contributed by atoms with Crippen molar-refractivity contribution in [3.05, 3.63) is 0 Å². The lowest BCUT2D eigenvalue weighted by molar-refractivity contribution is 0.0642. The Labute approximate surface area is 88.1 Å². The molecule has 0 saturated heterocycles. The standard InChI is InChI=1S/C12H25NO/c1-3-9-13-12(10-14)8-6-5-7-11(12)4-2/h11,13-14H,3-10H2,1-2H3. The molecule has 1 aliphatic rings. The minimum atomic E-state index is 0.0447. The lowest BCUT2D eigenvalue weighted by Crippen LogP contribution is -2.55. The van der Waals surface area contributed by atoms with E-state index in [1.54, 1.807) is 0 Å². The van der Waals surface area contributed by atoms with Crippen LogP contribution < -0.4 is 5.32 Å². The van der Waals surface area contributed by atoms with Crippen LogP contribution in [-0.4, -0.2) is 23.8 Å². The van der Waals surface area contributed by atoms with Crippen LogP contribution in [0.5, 0.6) is 0 Å². The molecular weight excluding hydrogens is 174 g/mol. The van der Waals surface area contributed by atoms with E-state index in [2.05, 4.69) is 19.2 Å². The summed E-state index contributed by atoms with van der Waals surface area (Å²) in [6.45, 7) is 5.78. The molecule has 0 radical (unpaired) electrons. The van der Waals surface area contributed by atoms with Crippen LogP contribution in [0, 0.1) is 5.92 Å². The summed E-state index contributed by atoms with van der Waals surface area (Å²) < 4.78 is 0. The van der Waals surface area contributed by atoms with Gasteiger partial charge in [0.25, 0.3) is 0 Å². The topological polar surface area (TPSA) is 32.3 Å². The maximum Gasteiger partial charge on any atom is 0.0616 e. The van der Waals surface area contributed by atoms with Gasteiger partial charge in [-0.1, -0.05) is 33.1 Å². The number of nitrogens with one attached hydrogen (secondary N) is 1. The highest BCUT2D eigenvalue weighted by Crippen LogP contribution is 2.35. The SMILES string of the molecule is CCCNC1(CO)CCCCC1CC. The third-order valence-corrected chi connectivity index (χ3v) is 3.71. The fourth-order valence-electron chi connectivity index (χ4n) is 2.78. The summed E-state index contributed by atoms with van der Waals surface area (Å²) in [5.41, 5.74) is 0.0447. The van der Waals surface area contributed by atoms with Crippen LogP contribution in [0.4, 0.5) is 0 Å². The van der Waals surface area contributed by atoms with Crippen molar-refractivity contribution in [1.29, 1.82) is 0 Å². The third kappa shape index (κ3) is 2.48. The van der Waals surface area contributed by atoms with Gasteiger partial charge in [0.15, 0.2) is 0 Å². The molecule has 0 aromatic heterocycles.